The van der Waals surface area contributed by atoms with Gasteiger partial charge in [0.2, 0.25) is 0 Å². The fourth-order valence-electron chi connectivity index (χ4n) is 0. The zero-order valence-electron chi connectivity index (χ0n) is 3.36. The van der Waals surface area contributed by atoms with Crippen LogP contribution in [0.3, 0.4) is 0 Å². The van der Waals surface area contributed by atoms with Crippen LogP contribution in [0.4, 0.5) is 0 Å². The molecule has 5 heavy (non-hydrogen) atoms. The quantitative estimate of drug-likeness (QED) is 0.433. The van der Waals surface area contributed by atoms with E-state index in [1.807, 2.05) is 0 Å². The Morgan fingerprint density at radius 3 is 1.80 bits per heavy atom. The van der Waals surface area contributed by atoms with Crippen molar-refractivity contribution < 1.29 is 21.1 Å². The van der Waals surface area contributed by atoms with Gasteiger partial charge >= 0.3 is 0 Å². The van der Waals surface area contributed by atoms with Crippen molar-refractivity contribution in [3.8, 4) is 0 Å². The second-order valence-corrected chi connectivity index (χ2v) is 0.447. The predicted molar refractivity (Wildman–Crippen MR) is 19.0 cm³/mol. The summed E-state index contributed by atoms with van der Waals surface area (Å²) in [7, 11) is 1.69. The van der Waals surface area contributed by atoms with Crippen LogP contribution < -0.4 is 0 Å². The molecule has 0 radical (unpaired) electrons. The van der Waals surface area contributed by atoms with Gasteiger partial charge in [-0.15, -0.1) is 0 Å². The summed E-state index contributed by atoms with van der Waals surface area (Å²) in [6.07, 6.45) is 2.56. The number of rotatable bonds is 0. The maximum absolute atomic E-state index is 3.49. The SMILES string of the molecule is C[C-]=NC.[W]. The molecule has 0 aromatic carbocycles. The third kappa shape index (κ3) is 13.1. The van der Waals surface area contributed by atoms with Crippen molar-refractivity contribution in [2.24, 2.45) is 4.99 Å². The topological polar surface area (TPSA) is 12.4 Å². The third-order valence-corrected chi connectivity index (χ3v) is 0.224. The molecule has 0 bridgehead atoms. The van der Waals surface area contributed by atoms with Crippen LogP contribution >= 0.6 is 0 Å². The molecule has 0 rings (SSSR count). The molecule has 0 amide bonds. The molecule has 0 saturated heterocycles. The monoisotopic (exact) mass is 240 g/mol. The first kappa shape index (κ1) is 9.02. The molecule has 0 spiro atoms. The van der Waals surface area contributed by atoms with Crippen molar-refractivity contribution >= 4 is 6.21 Å². The van der Waals surface area contributed by atoms with E-state index < -0.39 is 0 Å². The van der Waals surface area contributed by atoms with Gasteiger partial charge in [-0.25, -0.2) is 0 Å². The second-order valence-electron chi connectivity index (χ2n) is 0.447. The Hall–Kier alpha value is 0.358. The summed E-state index contributed by atoms with van der Waals surface area (Å²) in [5.41, 5.74) is 0. The van der Waals surface area contributed by atoms with Crippen molar-refractivity contribution in [2.75, 3.05) is 7.05 Å². The van der Waals surface area contributed by atoms with Crippen molar-refractivity contribution in [1.82, 2.24) is 0 Å². The van der Waals surface area contributed by atoms with Crippen LogP contribution in [0.2, 0.25) is 0 Å². The molecule has 0 aliphatic heterocycles. The van der Waals surface area contributed by atoms with Crippen LogP contribution in [0.1, 0.15) is 6.92 Å². The normalized spacial score (nSPS) is 7.60. The minimum atomic E-state index is 0. The van der Waals surface area contributed by atoms with Crippen molar-refractivity contribution in [1.29, 1.82) is 0 Å². The molecule has 0 atom stereocenters. The van der Waals surface area contributed by atoms with Gasteiger partial charge in [0.15, 0.2) is 0 Å². The Kier molecular flexibility index (Phi) is 16.0. The molecule has 0 heterocycles. The number of aliphatic imine (C=N–C) groups is 1. The molecule has 0 unspecified atom stereocenters. The molecule has 0 aliphatic rings. The zero-order chi connectivity index (χ0) is 3.41. The third-order valence-electron chi connectivity index (χ3n) is 0.224. The molecular formula is C3H6NW-. The second kappa shape index (κ2) is 8.84. The van der Waals surface area contributed by atoms with Gasteiger partial charge in [-0.3, -0.25) is 0 Å². The van der Waals surface area contributed by atoms with Crippen molar-refractivity contribution in [3.63, 3.8) is 0 Å². The maximum Gasteiger partial charge on any atom is 0 e. The first-order valence-corrected chi connectivity index (χ1v) is 1.17. The van der Waals surface area contributed by atoms with E-state index >= 15 is 0 Å². The predicted octanol–water partition coefficient (Wildman–Crippen LogP) is 0.581. The zero-order valence-corrected chi connectivity index (χ0v) is 6.29. The van der Waals surface area contributed by atoms with E-state index in [0.717, 1.165) is 0 Å². The molecule has 2 heteroatoms. The number of hydrogen-bond donors (Lipinski definition) is 0. The van der Waals surface area contributed by atoms with E-state index in [2.05, 4.69) is 11.2 Å². The van der Waals surface area contributed by atoms with E-state index in [9.17, 15) is 0 Å². The van der Waals surface area contributed by atoms with Crippen molar-refractivity contribution in [3.05, 3.63) is 0 Å². The first-order chi connectivity index (χ1) is 1.91. The van der Waals surface area contributed by atoms with E-state index in [1.54, 1.807) is 14.0 Å². The van der Waals surface area contributed by atoms with E-state index in [0.29, 0.717) is 0 Å². The van der Waals surface area contributed by atoms with Crippen LogP contribution in [-0.4, -0.2) is 13.3 Å². The summed E-state index contributed by atoms with van der Waals surface area (Å²) < 4.78 is 0. The van der Waals surface area contributed by atoms with Gasteiger partial charge in [0, 0.05) is 21.1 Å². The minimum Gasteiger partial charge on any atom is -0.506 e. The minimum absolute atomic E-state index is 0. The maximum atomic E-state index is 3.49. The van der Waals surface area contributed by atoms with Crippen LogP contribution in [0.25, 0.3) is 0 Å². The molecule has 1 nitrogen and oxygen atoms in total. The van der Waals surface area contributed by atoms with E-state index in [1.165, 1.54) is 0 Å². The molecule has 0 N–H and O–H groups in total. The Bertz CT molecular complexity index is 22.1. The van der Waals surface area contributed by atoms with E-state index in [-0.39, 0.29) is 21.1 Å². The standard InChI is InChI=1S/C3H6N.W/c1-3-4-2;/h1-2H3;/q-1;. The fourth-order valence-corrected chi connectivity index (χ4v) is 0. The molecule has 0 aromatic rings. The van der Waals surface area contributed by atoms with E-state index in [4.69, 9.17) is 0 Å². The Balaban J connectivity index is 0. The first-order valence-electron chi connectivity index (χ1n) is 1.17. The largest absolute Gasteiger partial charge is 0.506 e. The molecular weight excluding hydrogens is 234 g/mol. The number of nitrogens with zero attached hydrogens (tertiary/aromatic N) is 1. The van der Waals surface area contributed by atoms with Gasteiger partial charge in [-0.1, -0.05) is 0 Å². The van der Waals surface area contributed by atoms with Crippen molar-refractivity contribution in [2.45, 2.75) is 6.92 Å². The van der Waals surface area contributed by atoms with Crippen LogP contribution in [0, 0.1) is 0 Å². The average molecular weight is 240 g/mol. The molecule has 30 valence electrons. The van der Waals surface area contributed by atoms with Gasteiger partial charge < -0.3 is 11.2 Å². The van der Waals surface area contributed by atoms with Gasteiger partial charge in [-0.05, 0) is 7.05 Å². The summed E-state index contributed by atoms with van der Waals surface area (Å²) >= 11 is 0. The van der Waals surface area contributed by atoms with Gasteiger partial charge in [0.05, 0.1) is 0 Å². The Morgan fingerprint density at radius 1 is 1.60 bits per heavy atom. The summed E-state index contributed by atoms with van der Waals surface area (Å²) in [5, 5.41) is 0. The van der Waals surface area contributed by atoms with Crippen LogP contribution in [0.5, 0.6) is 0 Å². The number of hydrogen-bond acceptors (Lipinski definition) is 1. The molecule has 0 saturated carbocycles. The Morgan fingerprint density at radius 2 is 1.80 bits per heavy atom. The van der Waals surface area contributed by atoms with Gasteiger partial charge in [0.1, 0.15) is 0 Å². The summed E-state index contributed by atoms with van der Waals surface area (Å²) in [5.74, 6) is 0. The molecule has 0 fully saturated rings. The average Bonchev–Trinajstić information content (AvgIpc) is 1.37. The van der Waals surface area contributed by atoms with Gasteiger partial charge in [0.25, 0.3) is 0 Å². The van der Waals surface area contributed by atoms with Crippen LogP contribution in [-0.2, 0) is 21.1 Å². The van der Waals surface area contributed by atoms with Gasteiger partial charge in [-0.2, -0.15) is 6.92 Å². The summed E-state index contributed by atoms with van der Waals surface area (Å²) in [6.45, 7) is 1.76. The Labute approximate surface area is 46.8 Å². The van der Waals surface area contributed by atoms with Crippen LogP contribution in [0.15, 0.2) is 4.99 Å². The summed E-state index contributed by atoms with van der Waals surface area (Å²) in [6, 6.07) is 0. The molecule has 0 aliphatic carbocycles. The fraction of sp³-hybridized carbons (Fsp3) is 0.667. The smallest absolute Gasteiger partial charge is 0 e. The molecule has 0 aromatic heterocycles. The summed E-state index contributed by atoms with van der Waals surface area (Å²) in [4.78, 5) is 3.49.